The number of hydrogen-bond donors (Lipinski definition) is 1. The summed E-state index contributed by atoms with van der Waals surface area (Å²) in [5.41, 5.74) is 1.86. The molecule has 0 aliphatic carbocycles. The van der Waals surface area contributed by atoms with Crippen LogP contribution in [0.1, 0.15) is 29.4 Å². The van der Waals surface area contributed by atoms with E-state index >= 15 is 0 Å². The molecule has 2 heterocycles. The van der Waals surface area contributed by atoms with E-state index in [9.17, 15) is 9.59 Å². The average molecular weight is 493 g/mol. The van der Waals surface area contributed by atoms with Crippen molar-refractivity contribution in [2.75, 3.05) is 11.9 Å². The quantitative estimate of drug-likeness (QED) is 0.404. The Balaban J connectivity index is 1.81. The number of hydrogen-bond acceptors (Lipinski definition) is 5. The van der Waals surface area contributed by atoms with Crippen LogP contribution in [0.25, 0.3) is 5.69 Å². The predicted molar refractivity (Wildman–Crippen MR) is 112 cm³/mol. The van der Waals surface area contributed by atoms with E-state index < -0.39 is 5.97 Å². The Morgan fingerprint density at radius 3 is 2.64 bits per heavy atom. The van der Waals surface area contributed by atoms with Gasteiger partial charge < -0.3 is 10.1 Å². The van der Waals surface area contributed by atoms with Crippen molar-refractivity contribution in [3.8, 4) is 5.69 Å². The third kappa shape index (κ3) is 4.58. The van der Waals surface area contributed by atoms with Crippen molar-refractivity contribution in [2.24, 2.45) is 0 Å². The van der Waals surface area contributed by atoms with E-state index in [0.717, 1.165) is 15.0 Å². The highest BCUT2D eigenvalue weighted by Crippen LogP contribution is 2.21. The molecule has 28 heavy (non-hydrogen) atoms. The summed E-state index contributed by atoms with van der Waals surface area (Å²) in [6, 6.07) is 9.27. The molecule has 0 aliphatic rings. The molecule has 0 radical (unpaired) electrons. The summed E-state index contributed by atoms with van der Waals surface area (Å²) in [4.78, 5) is 24.8. The maximum absolute atomic E-state index is 12.5. The second-order valence-corrected chi connectivity index (χ2v) is 7.16. The van der Waals surface area contributed by atoms with E-state index in [1.165, 1.54) is 10.9 Å². The fourth-order valence-electron chi connectivity index (χ4n) is 2.61. The van der Waals surface area contributed by atoms with Crippen molar-refractivity contribution in [1.82, 2.24) is 19.6 Å². The first kappa shape index (κ1) is 20.1. The number of aromatic nitrogens is 4. The first-order chi connectivity index (χ1) is 13.5. The van der Waals surface area contributed by atoms with Gasteiger partial charge in [0.2, 0.25) is 5.91 Å². The maximum atomic E-state index is 12.5. The summed E-state index contributed by atoms with van der Waals surface area (Å²) in [5, 5.41) is 11.4. The molecule has 3 rings (SSSR count). The highest BCUT2D eigenvalue weighted by molar-refractivity contribution is 14.1. The van der Waals surface area contributed by atoms with Gasteiger partial charge in [-0.15, -0.1) is 0 Å². The molecule has 0 bridgehead atoms. The Labute approximate surface area is 176 Å². The number of carbonyl (C=O) groups excluding carboxylic acids is 2. The van der Waals surface area contributed by atoms with Crippen LogP contribution < -0.4 is 5.32 Å². The standard InChI is InChI=1S/C19H20IN5O3/c1-3-28-19(27)15-11-21-25(14-7-5-4-6-8-14)18(15)22-17(26)9-10-24-12-16(20)13(2)23-24/h4-8,11-12H,3,9-10H2,1-2H3,(H,22,26). The van der Waals surface area contributed by atoms with E-state index in [-0.39, 0.29) is 24.5 Å². The fraction of sp³-hybridized carbons (Fsp3) is 0.263. The average Bonchev–Trinajstić information content (AvgIpc) is 3.24. The number of para-hydroxylation sites is 1. The number of aryl methyl sites for hydroxylation is 2. The van der Waals surface area contributed by atoms with Gasteiger partial charge in [-0.25, -0.2) is 9.48 Å². The Hall–Kier alpha value is -2.69. The van der Waals surface area contributed by atoms with Crippen LogP contribution >= 0.6 is 22.6 Å². The van der Waals surface area contributed by atoms with Crippen LogP contribution in [0.5, 0.6) is 0 Å². The molecule has 0 atom stereocenters. The molecule has 146 valence electrons. The monoisotopic (exact) mass is 493 g/mol. The Morgan fingerprint density at radius 2 is 2.00 bits per heavy atom. The van der Waals surface area contributed by atoms with Crippen molar-refractivity contribution in [2.45, 2.75) is 26.8 Å². The molecule has 0 unspecified atom stereocenters. The molecular formula is C19H20IN5O3. The molecular weight excluding hydrogens is 473 g/mol. The van der Waals surface area contributed by atoms with Gasteiger partial charge in [0.05, 0.1) is 27.8 Å². The molecule has 1 aromatic carbocycles. The first-order valence-electron chi connectivity index (χ1n) is 8.79. The van der Waals surface area contributed by atoms with Gasteiger partial charge in [-0.05, 0) is 48.6 Å². The molecule has 0 fully saturated rings. The van der Waals surface area contributed by atoms with Crippen molar-refractivity contribution < 1.29 is 14.3 Å². The van der Waals surface area contributed by atoms with Crippen LogP contribution in [0.4, 0.5) is 5.82 Å². The first-order valence-corrected chi connectivity index (χ1v) is 9.87. The van der Waals surface area contributed by atoms with Gasteiger partial charge in [0.25, 0.3) is 0 Å². The number of esters is 1. The second-order valence-electron chi connectivity index (χ2n) is 6.00. The largest absolute Gasteiger partial charge is 0.462 e. The van der Waals surface area contributed by atoms with Gasteiger partial charge in [0.1, 0.15) is 5.56 Å². The summed E-state index contributed by atoms with van der Waals surface area (Å²) in [7, 11) is 0. The third-order valence-corrected chi connectivity index (χ3v) is 5.04. The number of halogens is 1. The zero-order valence-electron chi connectivity index (χ0n) is 15.6. The van der Waals surface area contributed by atoms with Crippen LogP contribution in [-0.2, 0) is 16.1 Å². The minimum absolute atomic E-state index is 0.208. The Kier molecular flexibility index (Phi) is 6.45. The number of amides is 1. The van der Waals surface area contributed by atoms with Crippen molar-refractivity contribution >= 4 is 40.3 Å². The number of rotatable bonds is 7. The summed E-state index contributed by atoms with van der Waals surface area (Å²) >= 11 is 2.20. The molecule has 9 heteroatoms. The van der Waals surface area contributed by atoms with Crippen molar-refractivity contribution in [3.05, 3.63) is 57.6 Å². The van der Waals surface area contributed by atoms with Crippen LogP contribution in [0.3, 0.4) is 0 Å². The molecule has 0 aliphatic heterocycles. The highest BCUT2D eigenvalue weighted by Gasteiger charge is 2.21. The molecule has 1 N–H and O–H groups in total. The van der Waals surface area contributed by atoms with E-state index in [0.29, 0.717) is 12.4 Å². The third-order valence-electron chi connectivity index (χ3n) is 3.98. The lowest BCUT2D eigenvalue weighted by molar-refractivity contribution is -0.116. The summed E-state index contributed by atoms with van der Waals surface area (Å²) < 4.78 is 9.38. The predicted octanol–water partition coefficient (Wildman–Crippen LogP) is 3.19. The van der Waals surface area contributed by atoms with Crippen LogP contribution in [-0.4, -0.2) is 38.0 Å². The molecule has 0 saturated carbocycles. The zero-order chi connectivity index (χ0) is 20.1. The minimum atomic E-state index is -0.530. The van der Waals surface area contributed by atoms with Crippen LogP contribution in [0.15, 0.2) is 42.7 Å². The van der Waals surface area contributed by atoms with Gasteiger partial charge in [-0.3, -0.25) is 9.48 Å². The summed E-state index contributed by atoms with van der Waals surface area (Å²) in [6.45, 7) is 4.32. The number of anilines is 1. The molecule has 1 amide bonds. The lowest BCUT2D eigenvalue weighted by atomic mass is 10.3. The van der Waals surface area contributed by atoms with Gasteiger partial charge in [-0.2, -0.15) is 10.2 Å². The van der Waals surface area contributed by atoms with Crippen LogP contribution in [0, 0.1) is 10.5 Å². The number of ether oxygens (including phenoxy) is 1. The van der Waals surface area contributed by atoms with Crippen LogP contribution in [0.2, 0.25) is 0 Å². The topological polar surface area (TPSA) is 91.0 Å². The van der Waals surface area contributed by atoms with E-state index in [2.05, 4.69) is 38.1 Å². The number of benzene rings is 1. The minimum Gasteiger partial charge on any atom is -0.462 e. The molecule has 8 nitrogen and oxygen atoms in total. The van der Waals surface area contributed by atoms with Crippen molar-refractivity contribution in [3.63, 3.8) is 0 Å². The smallest absolute Gasteiger partial charge is 0.343 e. The van der Waals surface area contributed by atoms with Gasteiger partial charge in [0, 0.05) is 19.2 Å². The highest BCUT2D eigenvalue weighted by atomic mass is 127. The fourth-order valence-corrected chi connectivity index (χ4v) is 3.04. The number of nitrogens with zero attached hydrogens (tertiary/aromatic N) is 4. The molecule has 2 aromatic heterocycles. The van der Waals surface area contributed by atoms with E-state index in [4.69, 9.17) is 4.74 Å². The lowest BCUT2D eigenvalue weighted by Gasteiger charge is -2.11. The molecule has 3 aromatic rings. The SMILES string of the molecule is CCOC(=O)c1cnn(-c2ccccc2)c1NC(=O)CCn1cc(I)c(C)n1. The summed E-state index contributed by atoms with van der Waals surface area (Å²) in [5.74, 6) is -0.482. The van der Waals surface area contributed by atoms with E-state index in [1.807, 2.05) is 43.5 Å². The van der Waals surface area contributed by atoms with E-state index in [1.54, 1.807) is 11.6 Å². The zero-order valence-corrected chi connectivity index (χ0v) is 17.7. The molecule has 0 saturated heterocycles. The Bertz CT molecular complexity index is 961. The van der Waals surface area contributed by atoms with Crippen molar-refractivity contribution in [1.29, 1.82) is 0 Å². The lowest BCUT2D eigenvalue weighted by Crippen LogP contribution is -2.19. The molecule has 0 spiro atoms. The van der Waals surface area contributed by atoms with Gasteiger partial charge in [0.15, 0.2) is 5.82 Å². The normalized spacial score (nSPS) is 10.7. The van der Waals surface area contributed by atoms with Gasteiger partial charge >= 0.3 is 5.97 Å². The maximum Gasteiger partial charge on any atom is 0.343 e. The Morgan fingerprint density at radius 1 is 1.25 bits per heavy atom. The summed E-state index contributed by atoms with van der Waals surface area (Å²) in [6.07, 6.45) is 3.50. The second kappa shape index (κ2) is 9.00. The van der Waals surface area contributed by atoms with Gasteiger partial charge in [-0.1, -0.05) is 18.2 Å². The number of carbonyl (C=O) groups is 2. The number of nitrogens with one attached hydrogen (secondary N) is 1.